The predicted molar refractivity (Wildman–Crippen MR) is 94.6 cm³/mol. The molecule has 0 heterocycles. The highest BCUT2D eigenvalue weighted by Gasteiger charge is 2.31. The van der Waals surface area contributed by atoms with E-state index in [9.17, 15) is 4.79 Å². The van der Waals surface area contributed by atoms with Crippen LogP contribution in [0.5, 0.6) is 0 Å². The summed E-state index contributed by atoms with van der Waals surface area (Å²) in [4.78, 5) is 13.7. The number of benzene rings is 2. The van der Waals surface area contributed by atoms with Crippen molar-refractivity contribution >= 4 is 5.91 Å². The van der Waals surface area contributed by atoms with Crippen LogP contribution in [0.2, 0.25) is 0 Å². The standard InChI is InChI=1S/C21H25NO/c1-14-9-10-17(13-15(14)2)18-11-12-21(22(4)16(3)23)20-8-6-5-7-19(18)20/h5-10,13,18,21H,11-12H2,1-4H3/t18?,21-/m1/s1. The van der Waals surface area contributed by atoms with Gasteiger partial charge in [-0.2, -0.15) is 0 Å². The fourth-order valence-corrected chi connectivity index (χ4v) is 3.72. The molecule has 23 heavy (non-hydrogen) atoms. The van der Waals surface area contributed by atoms with Crippen molar-refractivity contribution in [3.05, 3.63) is 70.3 Å². The third-order valence-electron chi connectivity index (χ3n) is 5.36. The molecular formula is C21H25NO. The quantitative estimate of drug-likeness (QED) is 0.784. The smallest absolute Gasteiger partial charge is 0.219 e. The summed E-state index contributed by atoms with van der Waals surface area (Å²) < 4.78 is 0. The van der Waals surface area contributed by atoms with E-state index in [0.29, 0.717) is 5.92 Å². The second kappa shape index (κ2) is 6.19. The maximum Gasteiger partial charge on any atom is 0.219 e. The molecule has 1 amide bonds. The Morgan fingerprint density at radius 2 is 1.70 bits per heavy atom. The molecule has 0 aliphatic heterocycles. The number of nitrogens with zero attached hydrogens (tertiary/aromatic N) is 1. The highest BCUT2D eigenvalue weighted by Crippen LogP contribution is 2.43. The molecule has 1 unspecified atom stereocenters. The number of amides is 1. The number of fused-ring (bicyclic) bond motifs is 1. The van der Waals surface area contributed by atoms with Crippen LogP contribution < -0.4 is 0 Å². The molecule has 0 saturated carbocycles. The number of hydrogen-bond acceptors (Lipinski definition) is 1. The third-order valence-corrected chi connectivity index (χ3v) is 5.36. The van der Waals surface area contributed by atoms with Gasteiger partial charge in [-0.25, -0.2) is 0 Å². The van der Waals surface area contributed by atoms with E-state index in [0.717, 1.165) is 12.8 Å². The van der Waals surface area contributed by atoms with Crippen LogP contribution in [0.1, 0.15) is 59.5 Å². The van der Waals surface area contributed by atoms with Gasteiger partial charge in [-0.15, -0.1) is 0 Å². The minimum atomic E-state index is 0.134. The van der Waals surface area contributed by atoms with Crippen LogP contribution in [-0.4, -0.2) is 17.9 Å². The average Bonchev–Trinajstić information content (AvgIpc) is 2.55. The Kier molecular flexibility index (Phi) is 4.25. The summed E-state index contributed by atoms with van der Waals surface area (Å²) in [5, 5.41) is 0. The molecule has 2 aromatic carbocycles. The third kappa shape index (κ3) is 2.90. The molecule has 2 heteroatoms. The van der Waals surface area contributed by atoms with Gasteiger partial charge in [0.2, 0.25) is 5.91 Å². The van der Waals surface area contributed by atoms with Crippen LogP contribution in [0, 0.1) is 13.8 Å². The molecule has 1 aliphatic rings. The van der Waals surface area contributed by atoms with Gasteiger partial charge in [-0.1, -0.05) is 42.5 Å². The second-order valence-electron chi connectivity index (χ2n) is 6.75. The van der Waals surface area contributed by atoms with Crippen molar-refractivity contribution in [2.75, 3.05) is 7.05 Å². The van der Waals surface area contributed by atoms with Gasteiger partial charge >= 0.3 is 0 Å². The van der Waals surface area contributed by atoms with Gasteiger partial charge in [0.15, 0.2) is 0 Å². The molecule has 2 nitrogen and oxygen atoms in total. The van der Waals surface area contributed by atoms with Gasteiger partial charge in [-0.05, 0) is 54.5 Å². The zero-order valence-corrected chi connectivity index (χ0v) is 14.5. The molecule has 0 fully saturated rings. The van der Waals surface area contributed by atoms with E-state index in [1.165, 1.54) is 27.8 Å². The predicted octanol–water partition coefficient (Wildman–Crippen LogP) is 4.75. The molecule has 2 aromatic rings. The maximum atomic E-state index is 11.8. The maximum absolute atomic E-state index is 11.8. The van der Waals surface area contributed by atoms with E-state index in [1.807, 2.05) is 11.9 Å². The summed E-state index contributed by atoms with van der Waals surface area (Å²) in [6, 6.07) is 15.6. The summed E-state index contributed by atoms with van der Waals surface area (Å²) in [5.74, 6) is 0.566. The lowest BCUT2D eigenvalue weighted by Crippen LogP contribution is -2.32. The summed E-state index contributed by atoms with van der Waals surface area (Å²) >= 11 is 0. The first-order valence-corrected chi connectivity index (χ1v) is 8.38. The van der Waals surface area contributed by atoms with Gasteiger partial charge in [0.25, 0.3) is 0 Å². The van der Waals surface area contributed by atoms with E-state index >= 15 is 0 Å². The first-order chi connectivity index (χ1) is 11.0. The van der Waals surface area contributed by atoms with Crippen molar-refractivity contribution in [1.82, 2.24) is 4.90 Å². The average molecular weight is 307 g/mol. The van der Waals surface area contributed by atoms with Crippen molar-refractivity contribution in [3.8, 4) is 0 Å². The Hall–Kier alpha value is -2.09. The number of carbonyl (C=O) groups is 1. The Labute approximate surface area is 139 Å². The summed E-state index contributed by atoms with van der Waals surface area (Å²) in [7, 11) is 1.92. The van der Waals surface area contributed by atoms with Crippen molar-refractivity contribution in [2.24, 2.45) is 0 Å². The Balaban J connectivity index is 2.03. The lowest BCUT2D eigenvalue weighted by Gasteiger charge is -2.36. The molecule has 2 atom stereocenters. The van der Waals surface area contributed by atoms with E-state index in [2.05, 4.69) is 56.3 Å². The van der Waals surface area contributed by atoms with Crippen LogP contribution in [-0.2, 0) is 4.79 Å². The fraction of sp³-hybridized carbons (Fsp3) is 0.381. The van der Waals surface area contributed by atoms with Crippen LogP contribution in [0.4, 0.5) is 0 Å². The van der Waals surface area contributed by atoms with Crippen molar-refractivity contribution in [3.63, 3.8) is 0 Å². The van der Waals surface area contributed by atoms with Crippen molar-refractivity contribution in [1.29, 1.82) is 0 Å². The monoisotopic (exact) mass is 307 g/mol. The van der Waals surface area contributed by atoms with E-state index < -0.39 is 0 Å². The molecule has 0 radical (unpaired) electrons. The first-order valence-electron chi connectivity index (χ1n) is 8.38. The van der Waals surface area contributed by atoms with Gasteiger partial charge < -0.3 is 4.90 Å². The number of rotatable bonds is 2. The second-order valence-corrected chi connectivity index (χ2v) is 6.75. The van der Waals surface area contributed by atoms with Gasteiger partial charge in [0.05, 0.1) is 6.04 Å². The van der Waals surface area contributed by atoms with Crippen LogP contribution in [0.15, 0.2) is 42.5 Å². The molecule has 0 aromatic heterocycles. The number of hydrogen-bond donors (Lipinski definition) is 0. The van der Waals surface area contributed by atoms with Crippen LogP contribution in [0.3, 0.4) is 0 Å². The Morgan fingerprint density at radius 3 is 2.35 bits per heavy atom. The lowest BCUT2D eigenvalue weighted by atomic mass is 9.76. The molecular weight excluding hydrogens is 282 g/mol. The number of carbonyl (C=O) groups excluding carboxylic acids is 1. The van der Waals surface area contributed by atoms with E-state index in [-0.39, 0.29) is 11.9 Å². The van der Waals surface area contributed by atoms with Crippen LogP contribution >= 0.6 is 0 Å². The topological polar surface area (TPSA) is 20.3 Å². The largest absolute Gasteiger partial charge is 0.339 e. The molecule has 0 saturated heterocycles. The normalized spacial score (nSPS) is 20.0. The molecule has 3 rings (SSSR count). The fourth-order valence-electron chi connectivity index (χ4n) is 3.72. The SMILES string of the molecule is CC(=O)N(C)[C@@H]1CCC(c2ccc(C)c(C)c2)c2ccccc21. The summed E-state index contributed by atoms with van der Waals surface area (Å²) in [6.07, 6.45) is 2.10. The zero-order valence-electron chi connectivity index (χ0n) is 14.5. The minimum absolute atomic E-state index is 0.134. The molecule has 0 spiro atoms. The van der Waals surface area contributed by atoms with Crippen LogP contribution in [0.25, 0.3) is 0 Å². The minimum Gasteiger partial charge on any atom is -0.339 e. The van der Waals surface area contributed by atoms with E-state index in [4.69, 9.17) is 0 Å². The lowest BCUT2D eigenvalue weighted by molar-refractivity contribution is -0.130. The highest BCUT2D eigenvalue weighted by atomic mass is 16.2. The van der Waals surface area contributed by atoms with Gasteiger partial charge in [0.1, 0.15) is 0 Å². The Morgan fingerprint density at radius 1 is 1.00 bits per heavy atom. The Bertz CT molecular complexity index is 734. The summed E-state index contributed by atoms with van der Waals surface area (Å²) in [6.45, 7) is 5.99. The van der Waals surface area contributed by atoms with Crippen molar-refractivity contribution in [2.45, 2.75) is 45.6 Å². The molecule has 120 valence electrons. The number of aryl methyl sites for hydroxylation is 2. The first kappa shape index (κ1) is 15.8. The zero-order chi connectivity index (χ0) is 16.6. The van der Waals surface area contributed by atoms with Gasteiger partial charge in [-0.3, -0.25) is 4.79 Å². The van der Waals surface area contributed by atoms with Crippen molar-refractivity contribution < 1.29 is 4.79 Å². The molecule has 0 bridgehead atoms. The molecule has 0 N–H and O–H groups in total. The highest BCUT2D eigenvalue weighted by molar-refractivity contribution is 5.73. The van der Waals surface area contributed by atoms with Gasteiger partial charge in [0, 0.05) is 19.9 Å². The summed E-state index contributed by atoms with van der Waals surface area (Å²) in [5.41, 5.74) is 6.76. The molecule has 1 aliphatic carbocycles. The van der Waals surface area contributed by atoms with E-state index in [1.54, 1.807) is 6.92 Å².